The van der Waals surface area contributed by atoms with E-state index in [9.17, 15) is 22.8 Å². The molecule has 2 aromatic carbocycles. The average Bonchev–Trinajstić information content (AvgIpc) is 2.65. The van der Waals surface area contributed by atoms with Crippen molar-refractivity contribution in [2.75, 3.05) is 6.61 Å². The van der Waals surface area contributed by atoms with Crippen LogP contribution >= 0.6 is 0 Å². The van der Waals surface area contributed by atoms with E-state index >= 15 is 0 Å². The van der Waals surface area contributed by atoms with Gasteiger partial charge in [0, 0.05) is 24.1 Å². The molecule has 1 aromatic heterocycles. The molecule has 0 bridgehead atoms. The molecule has 0 aliphatic heterocycles. The fourth-order valence-electron chi connectivity index (χ4n) is 2.81. The number of alkyl halides is 3. The molecule has 3 aromatic rings. The van der Waals surface area contributed by atoms with Crippen molar-refractivity contribution in [3.63, 3.8) is 0 Å². The Morgan fingerprint density at radius 2 is 1.89 bits per heavy atom. The van der Waals surface area contributed by atoms with Gasteiger partial charge in [-0.25, -0.2) is 4.79 Å². The number of nitrogens with one attached hydrogen (secondary N) is 1. The Bertz CT molecular complexity index is 1070. The zero-order valence-electron chi connectivity index (χ0n) is 14.8. The topological polar surface area (TPSA) is 68.5 Å². The molecule has 0 spiro atoms. The Morgan fingerprint density at radius 1 is 1.14 bits per heavy atom. The fraction of sp³-hybridized carbons (Fsp3) is 0.200. The maximum atomic E-state index is 13.1. The summed E-state index contributed by atoms with van der Waals surface area (Å²) in [5.74, 6) is -0.214. The van der Waals surface area contributed by atoms with Crippen molar-refractivity contribution < 1.29 is 27.1 Å². The lowest BCUT2D eigenvalue weighted by Crippen LogP contribution is -2.25. The summed E-state index contributed by atoms with van der Waals surface area (Å²) in [6.07, 6.45) is -4.53. The summed E-state index contributed by atoms with van der Waals surface area (Å²) in [5.41, 5.74) is -1.48. The summed E-state index contributed by atoms with van der Waals surface area (Å²) in [5, 5.41) is 2.79. The van der Waals surface area contributed by atoms with Gasteiger partial charge in [0.25, 0.3) is 5.91 Å². The van der Waals surface area contributed by atoms with Crippen LogP contribution in [0.2, 0.25) is 0 Å². The second-order valence-electron chi connectivity index (χ2n) is 5.91. The minimum absolute atomic E-state index is 0.0128. The zero-order chi connectivity index (χ0) is 20.3. The van der Waals surface area contributed by atoms with Gasteiger partial charge in [0.1, 0.15) is 11.3 Å². The monoisotopic (exact) mass is 391 g/mol. The lowest BCUT2D eigenvalue weighted by Gasteiger charge is -2.13. The number of ether oxygens (including phenoxy) is 1. The molecule has 28 heavy (non-hydrogen) atoms. The summed E-state index contributed by atoms with van der Waals surface area (Å²) in [6, 6.07) is 10.6. The Hall–Kier alpha value is -3.29. The summed E-state index contributed by atoms with van der Waals surface area (Å²) < 4.78 is 49.7. The van der Waals surface area contributed by atoms with E-state index < -0.39 is 23.3 Å². The molecule has 3 rings (SSSR count). The van der Waals surface area contributed by atoms with E-state index in [1.165, 1.54) is 24.3 Å². The number of rotatable bonds is 5. The number of benzene rings is 2. The van der Waals surface area contributed by atoms with Gasteiger partial charge in [-0.05, 0) is 30.7 Å². The first-order valence-corrected chi connectivity index (χ1v) is 8.43. The molecule has 1 heterocycles. The van der Waals surface area contributed by atoms with Crippen LogP contribution in [-0.4, -0.2) is 12.5 Å². The number of amides is 1. The van der Waals surface area contributed by atoms with E-state index in [2.05, 4.69) is 5.32 Å². The van der Waals surface area contributed by atoms with Crippen LogP contribution in [0.3, 0.4) is 0 Å². The lowest BCUT2D eigenvalue weighted by atomic mass is 10.1. The maximum Gasteiger partial charge on any atom is 0.416 e. The smallest absolute Gasteiger partial charge is 0.416 e. The molecule has 0 fully saturated rings. The van der Waals surface area contributed by atoms with Crippen molar-refractivity contribution in [1.82, 2.24) is 5.32 Å². The van der Waals surface area contributed by atoms with Crippen LogP contribution in [0.4, 0.5) is 13.2 Å². The van der Waals surface area contributed by atoms with Gasteiger partial charge in [0.2, 0.25) is 0 Å². The third kappa shape index (κ3) is 4.16. The molecule has 0 saturated heterocycles. The van der Waals surface area contributed by atoms with Crippen LogP contribution in [0.1, 0.15) is 28.4 Å². The summed E-state index contributed by atoms with van der Waals surface area (Å²) >= 11 is 0. The van der Waals surface area contributed by atoms with Gasteiger partial charge in [-0.3, -0.25) is 4.79 Å². The second-order valence-corrected chi connectivity index (χ2v) is 5.91. The van der Waals surface area contributed by atoms with E-state index in [1.54, 1.807) is 19.1 Å². The Morgan fingerprint density at radius 3 is 2.61 bits per heavy atom. The number of hydrogen-bond donors (Lipinski definition) is 1. The minimum atomic E-state index is -4.53. The maximum absolute atomic E-state index is 13.1. The fourth-order valence-corrected chi connectivity index (χ4v) is 2.81. The van der Waals surface area contributed by atoms with Crippen molar-refractivity contribution in [3.05, 3.63) is 75.6 Å². The van der Waals surface area contributed by atoms with Gasteiger partial charge in [0.05, 0.1) is 17.7 Å². The van der Waals surface area contributed by atoms with Crippen LogP contribution in [0.25, 0.3) is 11.0 Å². The highest BCUT2D eigenvalue weighted by atomic mass is 19.4. The number of carbonyl (C=O) groups is 1. The number of fused-ring (bicyclic) bond motifs is 1. The molecule has 5 nitrogen and oxygen atoms in total. The lowest BCUT2D eigenvalue weighted by molar-refractivity contribution is -0.138. The number of carbonyl (C=O) groups excluding carboxylic acids is 1. The Kier molecular flexibility index (Phi) is 5.39. The molecule has 0 atom stereocenters. The molecule has 146 valence electrons. The molecule has 0 saturated carbocycles. The highest BCUT2D eigenvalue weighted by Crippen LogP contribution is 2.31. The standard InChI is InChI=1S/C20H16F3NO4/c1-2-27-13-7-8-14-15(10-18(25)28-17(14)9-13)19(26)24-11-12-5-3-4-6-16(12)20(21,22)23/h3-10H,2,11H2,1H3,(H,24,26). The first-order chi connectivity index (χ1) is 13.3. The molecule has 0 aliphatic carbocycles. The molecular weight excluding hydrogens is 375 g/mol. The van der Waals surface area contributed by atoms with Gasteiger partial charge >= 0.3 is 11.8 Å². The van der Waals surface area contributed by atoms with Gasteiger partial charge < -0.3 is 14.5 Å². The summed E-state index contributed by atoms with van der Waals surface area (Å²) in [6.45, 7) is 1.87. The SMILES string of the molecule is CCOc1ccc2c(C(=O)NCc3ccccc3C(F)(F)F)cc(=O)oc2c1. The predicted molar refractivity (Wildman–Crippen MR) is 96.3 cm³/mol. The van der Waals surface area contributed by atoms with Crippen molar-refractivity contribution in [2.45, 2.75) is 19.6 Å². The highest BCUT2D eigenvalue weighted by molar-refractivity contribution is 6.05. The summed E-state index contributed by atoms with van der Waals surface area (Å²) in [7, 11) is 0. The van der Waals surface area contributed by atoms with Crippen LogP contribution in [-0.2, 0) is 12.7 Å². The van der Waals surface area contributed by atoms with Gasteiger partial charge in [-0.15, -0.1) is 0 Å². The first kappa shape index (κ1) is 19.5. The third-order valence-corrected chi connectivity index (χ3v) is 4.03. The first-order valence-electron chi connectivity index (χ1n) is 8.43. The third-order valence-electron chi connectivity index (χ3n) is 4.03. The Labute approximate surface area is 157 Å². The highest BCUT2D eigenvalue weighted by Gasteiger charge is 2.32. The summed E-state index contributed by atoms with van der Waals surface area (Å²) in [4.78, 5) is 24.4. The van der Waals surface area contributed by atoms with Crippen molar-refractivity contribution in [1.29, 1.82) is 0 Å². The molecule has 0 unspecified atom stereocenters. The average molecular weight is 391 g/mol. The van der Waals surface area contributed by atoms with Gasteiger partial charge in [-0.2, -0.15) is 13.2 Å². The van der Waals surface area contributed by atoms with Crippen LogP contribution in [0.5, 0.6) is 5.75 Å². The molecule has 1 amide bonds. The van der Waals surface area contributed by atoms with Gasteiger partial charge in [0.15, 0.2) is 0 Å². The second kappa shape index (κ2) is 7.75. The van der Waals surface area contributed by atoms with Crippen molar-refractivity contribution in [3.8, 4) is 5.75 Å². The van der Waals surface area contributed by atoms with E-state index in [-0.39, 0.29) is 23.3 Å². The van der Waals surface area contributed by atoms with E-state index in [1.807, 2.05) is 0 Å². The quantitative estimate of drug-likeness (QED) is 0.664. The van der Waals surface area contributed by atoms with E-state index in [0.29, 0.717) is 17.7 Å². The van der Waals surface area contributed by atoms with E-state index in [4.69, 9.17) is 9.15 Å². The molecule has 0 radical (unpaired) electrons. The van der Waals surface area contributed by atoms with Crippen LogP contribution in [0, 0.1) is 0 Å². The minimum Gasteiger partial charge on any atom is -0.494 e. The van der Waals surface area contributed by atoms with Crippen LogP contribution in [0.15, 0.2) is 57.7 Å². The molecular formula is C20H16F3NO4. The largest absolute Gasteiger partial charge is 0.494 e. The van der Waals surface area contributed by atoms with Crippen molar-refractivity contribution in [2.24, 2.45) is 0 Å². The van der Waals surface area contributed by atoms with E-state index in [0.717, 1.165) is 12.1 Å². The molecule has 8 heteroatoms. The number of hydrogen-bond acceptors (Lipinski definition) is 4. The predicted octanol–water partition coefficient (Wildman–Crippen LogP) is 4.14. The van der Waals surface area contributed by atoms with Crippen LogP contribution < -0.4 is 15.7 Å². The Balaban J connectivity index is 1.90. The molecule has 0 aliphatic rings. The number of halogens is 3. The van der Waals surface area contributed by atoms with Crippen molar-refractivity contribution >= 4 is 16.9 Å². The normalized spacial score (nSPS) is 11.4. The zero-order valence-corrected chi connectivity index (χ0v) is 14.8. The van der Waals surface area contributed by atoms with Gasteiger partial charge in [-0.1, -0.05) is 18.2 Å². The molecule has 1 N–H and O–H groups in total.